The second kappa shape index (κ2) is 5.98. The maximum atomic E-state index is 3.57. The predicted molar refractivity (Wildman–Crippen MR) is 82.9 cm³/mol. The molecule has 3 heteroatoms. The highest BCUT2D eigenvalue weighted by Gasteiger charge is 2.28. The van der Waals surface area contributed by atoms with E-state index in [0.29, 0.717) is 0 Å². The summed E-state index contributed by atoms with van der Waals surface area (Å²) >= 11 is 5.60. The summed E-state index contributed by atoms with van der Waals surface area (Å²) < 4.78 is 0. The SMILES string of the molecule is BrCCC1CCN(CC2CSc3ccccc32)C1. The molecule has 0 aliphatic carbocycles. The van der Waals surface area contributed by atoms with Crippen LogP contribution in [0.4, 0.5) is 0 Å². The molecule has 2 heterocycles. The van der Waals surface area contributed by atoms with Crippen LogP contribution in [0.2, 0.25) is 0 Å². The van der Waals surface area contributed by atoms with Crippen LogP contribution in [0.3, 0.4) is 0 Å². The molecule has 2 unspecified atom stereocenters. The lowest BCUT2D eigenvalue weighted by molar-refractivity contribution is 0.308. The molecule has 18 heavy (non-hydrogen) atoms. The molecule has 0 amide bonds. The maximum Gasteiger partial charge on any atom is 0.0108 e. The topological polar surface area (TPSA) is 3.24 Å². The van der Waals surface area contributed by atoms with Gasteiger partial charge in [-0.15, -0.1) is 11.8 Å². The summed E-state index contributed by atoms with van der Waals surface area (Å²) in [6.45, 7) is 3.89. The lowest BCUT2D eigenvalue weighted by Crippen LogP contribution is -2.26. The van der Waals surface area contributed by atoms with Gasteiger partial charge in [0.25, 0.3) is 0 Å². The summed E-state index contributed by atoms with van der Waals surface area (Å²) in [7, 11) is 0. The molecule has 0 N–H and O–H groups in total. The molecule has 98 valence electrons. The van der Waals surface area contributed by atoms with Crippen molar-refractivity contribution in [3.63, 3.8) is 0 Å². The van der Waals surface area contributed by atoms with Gasteiger partial charge in [0.1, 0.15) is 0 Å². The first-order valence-electron chi connectivity index (χ1n) is 6.87. The van der Waals surface area contributed by atoms with Crippen LogP contribution < -0.4 is 0 Å². The summed E-state index contributed by atoms with van der Waals surface area (Å²) in [6, 6.07) is 8.95. The fourth-order valence-electron chi connectivity index (χ4n) is 3.16. The minimum Gasteiger partial charge on any atom is -0.302 e. The number of fused-ring (bicyclic) bond motifs is 1. The third-order valence-corrected chi connectivity index (χ3v) is 5.87. The Hall–Kier alpha value is 0.0100. The third kappa shape index (κ3) is 2.78. The van der Waals surface area contributed by atoms with Crippen LogP contribution in [-0.2, 0) is 0 Å². The molecule has 2 aliphatic rings. The van der Waals surface area contributed by atoms with Gasteiger partial charge in [-0.1, -0.05) is 34.1 Å². The van der Waals surface area contributed by atoms with Crippen LogP contribution in [0.1, 0.15) is 24.3 Å². The zero-order valence-electron chi connectivity index (χ0n) is 10.6. The predicted octanol–water partition coefficient (Wildman–Crippen LogP) is 3.98. The largest absolute Gasteiger partial charge is 0.302 e. The molecule has 0 spiro atoms. The van der Waals surface area contributed by atoms with Gasteiger partial charge in [-0.05, 0) is 36.9 Å². The number of alkyl halides is 1. The first kappa shape index (κ1) is 13.0. The van der Waals surface area contributed by atoms with Crippen molar-refractivity contribution in [3.05, 3.63) is 29.8 Å². The van der Waals surface area contributed by atoms with Crippen molar-refractivity contribution in [1.82, 2.24) is 4.90 Å². The van der Waals surface area contributed by atoms with Gasteiger partial charge in [-0.3, -0.25) is 0 Å². The molecule has 1 fully saturated rings. The third-order valence-electron chi connectivity index (χ3n) is 4.16. The van der Waals surface area contributed by atoms with Crippen LogP contribution >= 0.6 is 27.7 Å². The quantitative estimate of drug-likeness (QED) is 0.770. The van der Waals surface area contributed by atoms with E-state index >= 15 is 0 Å². The molecular formula is C15H20BrNS. The highest BCUT2D eigenvalue weighted by Crippen LogP contribution is 2.40. The van der Waals surface area contributed by atoms with E-state index in [0.717, 1.165) is 17.2 Å². The first-order valence-corrected chi connectivity index (χ1v) is 8.97. The Labute approximate surface area is 122 Å². The number of thioether (sulfide) groups is 1. The van der Waals surface area contributed by atoms with Crippen LogP contribution in [0, 0.1) is 5.92 Å². The smallest absolute Gasteiger partial charge is 0.0108 e. The summed E-state index contributed by atoms with van der Waals surface area (Å²) in [5.41, 5.74) is 1.59. The van der Waals surface area contributed by atoms with Crippen LogP contribution in [0.15, 0.2) is 29.2 Å². The Morgan fingerprint density at radius 2 is 2.22 bits per heavy atom. The van der Waals surface area contributed by atoms with Gasteiger partial charge in [-0.25, -0.2) is 0 Å². The number of rotatable bonds is 4. The van der Waals surface area contributed by atoms with Crippen molar-refractivity contribution >= 4 is 27.7 Å². The average molecular weight is 326 g/mol. The van der Waals surface area contributed by atoms with Crippen molar-refractivity contribution in [3.8, 4) is 0 Å². The lowest BCUT2D eigenvalue weighted by Gasteiger charge is -2.20. The zero-order valence-corrected chi connectivity index (χ0v) is 13.0. The van der Waals surface area contributed by atoms with E-state index in [9.17, 15) is 0 Å². The summed E-state index contributed by atoms with van der Waals surface area (Å²) in [5.74, 6) is 2.96. The molecule has 0 bridgehead atoms. The minimum atomic E-state index is 0.758. The Kier molecular flexibility index (Phi) is 4.32. The number of halogens is 1. The Balaban J connectivity index is 1.59. The Morgan fingerprint density at radius 1 is 1.33 bits per heavy atom. The number of nitrogens with zero attached hydrogens (tertiary/aromatic N) is 1. The van der Waals surface area contributed by atoms with Gasteiger partial charge < -0.3 is 4.90 Å². The standard InChI is InChI=1S/C15H20BrNS/c16-7-5-12-6-8-17(9-12)10-13-11-18-15-4-2-1-3-14(13)15/h1-4,12-13H,5-11H2. The van der Waals surface area contributed by atoms with E-state index in [1.165, 1.54) is 43.1 Å². The van der Waals surface area contributed by atoms with E-state index in [1.54, 1.807) is 5.56 Å². The molecular weight excluding hydrogens is 306 g/mol. The van der Waals surface area contributed by atoms with Crippen molar-refractivity contribution in [1.29, 1.82) is 0 Å². The van der Waals surface area contributed by atoms with Gasteiger partial charge in [0.2, 0.25) is 0 Å². The molecule has 0 saturated carbocycles. The van der Waals surface area contributed by atoms with E-state index in [4.69, 9.17) is 0 Å². The van der Waals surface area contributed by atoms with Crippen molar-refractivity contribution in [2.24, 2.45) is 5.92 Å². The molecule has 2 atom stereocenters. The highest BCUT2D eigenvalue weighted by atomic mass is 79.9. The van der Waals surface area contributed by atoms with Gasteiger partial charge >= 0.3 is 0 Å². The molecule has 0 aromatic heterocycles. The van der Waals surface area contributed by atoms with E-state index in [-0.39, 0.29) is 0 Å². The molecule has 0 radical (unpaired) electrons. The fourth-order valence-corrected chi connectivity index (χ4v) is 5.05. The lowest BCUT2D eigenvalue weighted by atomic mass is 10.0. The Morgan fingerprint density at radius 3 is 3.11 bits per heavy atom. The number of hydrogen-bond donors (Lipinski definition) is 0. The zero-order chi connectivity index (χ0) is 12.4. The second-order valence-corrected chi connectivity index (χ2v) is 7.29. The maximum absolute atomic E-state index is 3.57. The molecule has 3 rings (SSSR count). The van der Waals surface area contributed by atoms with Crippen LogP contribution in [-0.4, -0.2) is 35.6 Å². The van der Waals surface area contributed by atoms with Crippen molar-refractivity contribution < 1.29 is 0 Å². The Bertz CT molecular complexity index is 409. The van der Waals surface area contributed by atoms with Gasteiger partial charge in [0.05, 0.1) is 0 Å². The number of hydrogen-bond acceptors (Lipinski definition) is 2. The van der Waals surface area contributed by atoms with Crippen molar-refractivity contribution in [2.45, 2.75) is 23.7 Å². The molecule has 2 aliphatic heterocycles. The van der Waals surface area contributed by atoms with E-state index in [1.807, 2.05) is 11.8 Å². The van der Waals surface area contributed by atoms with Crippen molar-refractivity contribution in [2.75, 3.05) is 30.7 Å². The fraction of sp³-hybridized carbons (Fsp3) is 0.600. The average Bonchev–Trinajstić information content (AvgIpc) is 2.99. The normalized spacial score (nSPS) is 27.6. The van der Waals surface area contributed by atoms with E-state index in [2.05, 4.69) is 45.1 Å². The van der Waals surface area contributed by atoms with Gasteiger partial charge in [0, 0.05) is 35.0 Å². The van der Waals surface area contributed by atoms with Crippen LogP contribution in [0.5, 0.6) is 0 Å². The molecule has 1 nitrogen and oxygen atoms in total. The summed E-state index contributed by atoms with van der Waals surface area (Å²) in [4.78, 5) is 4.19. The second-order valence-electron chi connectivity index (χ2n) is 5.44. The molecule has 1 aromatic rings. The number of likely N-dealkylation sites (tertiary alicyclic amines) is 1. The summed E-state index contributed by atoms with van der Waals surface area (Å²) in [6.07, 6.45) is 2.74. The van der Waals surface area contributed by atoms with E-state index < -0.39 is 0 Å². The van der Waals surface area contributed by atoms with Gasteiger partial charge in [-0.2, -0.15) is 0 Å². The monoisotopic (exact) mass is 325 g/mol. The number of benzene rings is 1. The molecule has 1 saturated heterocycles. The van der Waals surface area contributed by atoms with Crippen LogP contribution in [0.25, 0.3) is 0 Å². The highest BCUT2D eigenvalue weighted by molar-refractivity contribution is 9.09. The summed E-state index contributed by atoms with van der Waals surface area (Å²) in [5, 5.41) is 1.16. The minimum absolute atomic E-state index is 0.758. The van der Waals surface area contributed by atoms with Gasteiger partial charge in [0.15, 0.2) is 0 Å². The molecule has 1 aromatic carbocycles. The first-order chi connectivity index (χ1) is 8.86.